The Morgan fingerprint density at radius 1 is 0.769 bits per heavy atom. The maximum absolute atomic E-state index is 6.03. The number of rotatable bonds is 8. The van der Waals surface area contributed by atoms with Crippen LogP contribution in [0.15, 0.2) is 36.4 Å². The lowest BCUT2D eigenvalue weighted by Gasteiger charge is -2.36. The van der Waals surface area contributed by atoms with Gasteiger partial charge in [-0.3, -0.25) is 0 Å². The minimum Gasteiger partial charge on any atom is -0.374 e. The molecule has 2 nitrogen and oxygen atoms in total. The average molecular weight is 353 g/mol. The van der Waals surface area contributed by atoms with Crippen LogP contribution in [-0.2, 0) is 22.3 Å². The molecule has 2 heteroatoms. The number of benzene rings is 2. The number of hydrogen-bond acceptors (Lipinski definition) is 2. The highest BCUT2D eigenvalue weighted by Gasteiger charge is 2.36. The summed E-state index contributed by atoms with van der Waals surface area (Å²) < 4.78 is 12.0. The molecule has 0 aliphatic heterocycles. The summed E-state index contributed by atoms with van der Waals surface area (Å²) in [7, 11) is 3.61. The Balaban J connectivity index is 2.21. The van der Waals surface area contributed by atoms with Crippen LogP contribution in [0.4, 0.5) is 0 Å². The van der Waals surface area contributed by atoms with Gasteiger partial charge in [-0.1, -0.05) is 63.1 Å². The molecule has 26 heavy (non-hydrogen) atoms. The number of fused-ring (bicyclic) bond motifs is 3. The molecule has 3 rings (SSSR count). The molecule has 2 aromatic carbocycles. The molecule has 0 fully saturated rings. The largest absolute Gasteiger partial charge is 0.374 e. The van der Waals surface area contributed by atoms with Gasteiger partial charge in [0.05, 0.1) is 0 Å². The van der Waals surface area contributed by atoms with Gasteiger partial charge in [0.25, 0.3) is 0 Å². The molecule has 0 heterocycles. The molecule has 2 atom stereocenters. The van der Waals surface area contributed by atoms with Crippen molar-refractivity contribution in [1.29, 1.82) is 0 Å². The van der Waals surface area contributed by atoms with Gasteiger partial charge >= 0.3 is 0 Å². The molecule has 0 saturated heterocycles. The third kappa shape index (κ3) is 3.45. The normalized spacial score (nSPS) is 18.5. The second kappa shape index (κ2) is 8.83. The van der Waals surface area contributed by atoms with Crippen LogP contribution in [0.1, 0.15) is 74.0 Å². The van der Waals surface area contributed by atoms with Crippen molar-refractivity contribution >= 4 is 0 Å². The molecule has 0 spiro atoms. The van der Waals surface area contributed by atoms with Crippen molar-refractivity contribution in [2.24, 2.45) is 0 Å². The zero-order valence-corrected chi connectivity index (χ0v) is 16.7. The third-order valence-electron chi connectivity index (χ3n) is 5.66. The van der Waals surface area contributed by atoms with Crippen molar-refractivity contribution in [3.8, 4) is 11.1 Å². The first-order valence-corrected chi connectivity index (χ1v) is 10.1. The second-order valence-electron chi connectivity index (χ2n) is 7.27. The van der Waals surface area contributed by atoms with Crippen molar-refractivity contribution in [3.05, 3.63) is 58.7 Å². The molecule has 1 aliphatic carbocycles. The van der Waals surface area contributed by atoms with Crippen LogP contribution < -0.4 is 0 Å². The van der Waals surface area contributed by atoms with Crippen LogP contribution in [0.3, 0.4) is 0 Å². The van der Waals surface area contributed by atoms with E-state index in [4.69, 9.17) is 9.47 Å². The van der Waals surface area contributed by atoms with E-state index in [-0.39, 0.29) is 12.2 Å². The summed E-state index contributed by atoms with van der Waals surface area (Å²) in [6.07, 6.45) is 7.06. The predicted octanol–water partition coefficient (Wildman–Crippen LogP) is 6.43. The van der Waals surface area contributed by atoms with E-state index in [2.05, 4.69) is 50.2 Å². The van der Waals surface area contributed by atoms with Gasteiger partial charge in [0.2, 0.25) is 0 Å². The zero-order valence-electron chi connectivity index (χ0n) is 16.7. The Kier molecular flexibility index (Phi) is 6.50. The fourth-order valence-corrected chi connectivity index (χ4v) is 4.32. The minimum absolute atomic E-state index is 0.0432. The number of aryl methyl sites for hydroxylation is 1. The molecule has 140 valence electrons. The van der Waals surface area contributed by atoms with Crippen LogP contribution in [-0.4, -0.2) is 14.2 Å². The van der Waals surface area contributed by atoms with Gasteiger partial charge in [-0.25, -0.2) is 0 Å². The van der Waals surface area contributed by atoms with Crippen molar-refractivity contribution in [2.45, 2.75) is 64.6 Å². The summed E-state index contributed by atoms with van der Waals surface area (Å²) in [6.45, 7) is 4.53. The van der Waals surface area contributed by atoms with E-state index in [0.29, 0.717) is 0 Å². The summed E-state index contributed by atoms with van der Waals surface area (Å²) in [6, 6.07) is 13.3. The van der Waals surface area contributed by atoms with Gasteiger partial charge in [-0.2, -0.15) is 0 Å². The van der Waals surface area contributed by atoms with E-state index >= 15 is 0 Å². The monoisotopic (exact) mass is 352 g/mol. The second-order valence-corrected chi connectivity index (χ2v) is 7.27. The van der Waals surface area contributed by atoms with Gasteiger partial charge in [0.1, 0.15) is 12.2 Å². The Bertz CT molecular complexity index is 735. The summed E-state index contributed by atoms with van der Waals surface area (Å²) in [5.74, 6) is 0. The SMILES string of the molecule is CCCCc1ccc2c(c1CCCC)C(OC)C(OC)c1ccccc1-2. The van der Waals surface area contributed by atoms with Crippen molar-refractivity contribution in [2.75, 3.05) is 14.2 Å². The standard InChI is InChI=1S/C24H32O2/c1-5-7-11-17-15-16-20-19-13-9-10-14-21(19)23(25-3)24(26-4)22(20)18(17)12-8-6-2/h9-10,13-16,23-24H,5-8,11-12H2,1-4H3. The van der Waals surface area contributed by atoms with E-state index in [9.17, 15) is 0 Å². The lowest BCUT2D eigenvalue weighted by molar-refractivity contribution is -0.0413. The molecule has 0 N–H and O–H groups in total. The molecule has 2 unspecified atom stereocenters. The fraction of sp³-hybridized carbons (Fsp3) is 0.500. The van der Waals surface area contributed by atoms with Gasteiger partial charge < -0.3 is 9.47 Å². The summed E-state index contributed by atoms with van der Waals surface area (Å²) in [5, 5.41) is 0. The van der Waals surface area contributed by atoms with Crippen LogP contribution in [0, 0.1) is 0 Å². The molecule has 0 radical (unpaired) electrons. The maximum Gasteiger partial charge on any atom is 0.113 e. The van der Waals surface area contributed by atoms with Crippen LogP contribution in [0.2, 0.25) is 0 Å². The van der Waals surface area contributed by atoms with E-state index < -0.39 is 0 Å². The highest BCUT2D eigenvalue weighted by atomic mass is 16.5. The van der Waals surface area contributed by atoms with E-state index in [1.807, 2.05) is 7.11 Å². The quantitative estimate of drug-likeness (QED) is 0.545. The number of methoxy groups -OCH3 is 2. The summed E-state index contributed by atoms with van der Waals surface area (Å²) in [4.78, 5) is 0. The van der Waals surface area contributed by atoms with Gasteiger partial charge in [0, 0.05) is 14.2 Å². The van der Waals surface area contributed by atoms with Crippen molar-refractivity contribution in [3.63, 3.8) is 0 Å². The third-order valence-corrected chi connectivity index (χ3v) is 5.66. The Hall–Kier alpha value is -1.64. The topological polar surface area (TPSA) is 18.5 Å². The van der Waals surface area contributed by atoms with Gasteiger partial charge in [-0.05, 0) is 59.1 Å². The lowest BCUT2D eigenvalue weighted by atomic mass is 9.77. The first-order chi connectivity index (χ1) is 12.8. The average Bonchev–Trinajstić information content (AvgIpc) is 2.69. The molecule has 0 saturated carbocycles. The molecule has 2 aromatic rings. The highest BCUT2D eigenvalue weighted by Crippen LogP contribution is 2.49. The molecule has 1 aliphatic rings. The molecule has 0 aromatic heterocycles. The predicted molar refractivity (Wildman–Crippen MR) is 109 cm³/mol. The van der Waals surface area contributed by atoms with Crippen LogP contribution in [0.5, 0.6) is 0 Å². The molecule has 0 amide bonds. The molecular formula is C24H32O2. The first-order valence-electron chi connectivity index (χ1n) is 10.1. The van der Waals surface area contributed by atoms with Crippen LogP contribution in [0.25, 0.3) is 11.1 Å². The maximum atomic E-state index is 6.03. The van der Waals surface area contributed by atoms with E-state index in [1.165, 1.54) is 59.1 Å². The molecule has 0 bridgehead atoms. The number of ether oxygens (including phenoxy) is 2. The van der Waals surface area contributed by atoms with Gasteiger partial charge in [-0.15, -0.1) is 0 Å². The van der Waals surface area contributed by atoms with Crippen molar-refractivity contribution in [1.82, 2.24) is 0 Å². The Morgan fingerprint density at radius 3 is 2.15 bits per heavy atom. The molecular weight excluding hydrogens is 320 g/mol. The Morgan fingerprint density at radius 2 is 1.46 bits per heavy atom. The van der Waals surface area contributed by atoms with Gasteiger partial charge in [0.15, 0.2) is 0 Å². The van der Waals surface area contributed by atoms with E-state index in [0.717, 1.165) is 12.8 Å². The number of unbranched alkanes of at least 4 members (excludes halogenated alkanes) is 2. The Labute approximate surface area is 158 Å². The number of hydrogen-bond donors (Lipinski definition) is 0. The fourth-order valence-electron chi connectivity index (χ4n) is 4.32. The lowest BCUT2D eigenvalue weighted by Crippen LogP contribution is -2.23. The minimum atomic E-state index is -0.0505. The van der Waals surface area contributed by atoms with Crippen LogP contribution >= 0.6 is 0 Å². The van der Waals surface area contributed by atoms with Crippen molar-refractivity contribution < 1.29 is 9.47 Å². The highest BCUT2D eigenvalue weighted by molar-refractivity contribution is 5.76. The first kappa shape index (κ1) is 19.1. The summed E-state index contributed by atoms with van der Waals surface area (Å²) >= 11 is 0. The smallest absolute Gasteiger partial charge is 0.113 e. The van der Waals surface area contributed by atoms with E-state index in [1.54, 1.807) is 7.11 Å². The summed E-state index contributed by atoms with van der Waals surface area (Å²) in [5.41, 5.74) is 8.21. The zero-order chi connectivity index (χ0) is 18.5.